The highest BCUT2D eigenvalue weighted by molar-refractivity contribution is 7.76. The molecule has 0 bridgehead atoms. The first-order valence-corrected chi connectivity index (χ1v) is 13.5. The van der Waals surface area contributed by atoms with Gasteiger partial charge in [0.25, 0.3) is 7.82 Å². The van der Waals surface area contributed by atoms with Crippen LogP contribution in [0.5, 0.6) is 0 Å². The van der Waals surface area contributed by atoms with Gasteiger partial charge in [-0.05, 0) is 26.7 Å². The first kappa shape index (κ1) is 25.0. The molecule has 1 aliphatic heterocycles. The summed E-state index contributed by atoms with van der Waals surface area (Å²) in [5.41, 5.74) is -0.106. The normalized spacial score (nSPS) is 25.7. The Hall–Kier alpha value is -0.0700. The van der Waals surface area contributed by atoms with Gasteiger partial charge in [0.05, 0.1) is 31.2 Å². The SMILES string of the molecule is CCC[P+](CCC)(CCC(=O)[O-])C1CC(O)OC1COP(=O)([O-])OC(C)C. The highest BCUT2D eigenvalue weighted by Crippen LogP contribution is 2.68. The van der Waals surface area contributed by atoms with Crippen LogP contribution in [0.4, 0.5) is 0 Å². The molecule has 27 heavy (non-hydrogen) atoms. The van der Waals surface area contributed by atoms with Gasteiger partial charge in [-0.15, -0.1) is 0 Å². The third kappa shape index (κ3) is 8.06. The van der Waals surface area contributed by atoms with E-state index in [-0.39, 0.29) is 18.7 Å². The Bertz CT molecular complexity index is 507. The molecule has 0 radical (unpaired) electrons. The third-order valence-electron chi connectivity index (χ3n) is 4.74. The van der Waals surface area contributed by atoms with Crippen molar-refractivity contribution >= 4 is 21.1 Å². The number of hydrogen-bond donors (Lipinski definition) is 1. The standard InChI is InChI=1S/C17H34O8P2/c1-5-8-26(9-6-2,10-7-16(18)19)15-11-17(20)24-14(15)12-23-27(21,22)25-13(3)4/h13-15,17,20H,5-12H2,1-4H3,(H-,18,19,21,22)/p-1. The Morgan fingerprint density at radius 3 is 2.37 bits per heavy atom. The van der Waals surface area contributed by atoms with Gasteiger partial charge >= 0.3 is 0 Å². The average molecular weight is 427 g/mol. The molecule has 0 spiro atoms. The number of aliphatic carboxylic acids is 1. The van der Waals surface area contributed by atoms with Crippen LogP contribution in [0, 0.1) is 0 Å². The monoisotopic (exact) mass is 427 g/mol. The minimum absolute atomic E-state index is 0.0372. The lowest BCUT2D eigenvalue weighted by Crippen LogP contribution is -2.34. The number of carboxylic acid groups (broad SMARTS) is 1. The number of hydrogen-bond acceptors (Lipinski definition) is 8. The molecule has 4 atom stereocenters. The largest absolute Gasteiger partial charge is 0.756 e. The smallest absolute Gasteiger partial charge is 0.268 e. The van der Waals surface area contributed by atoms with Crippen LogP contribution in [0.25, 0.3) is 0 Å². The van der Waals surface area contributed by atoms with Crippen LogP contribution in [-0.2, 0) is 23.1 Å². The van der Waals surface area contributed by atoms with Crippen LogP contribution in [0.3, 0.4) is 0 Å². The van der Waals surface area contributed by atoms with E-state index in [0.29, 0.717) is 12.6 Å². The molecule has 0 aromatic rings. The second kappa shape index (κ2) is 11.2. The Kier molecular flexibility index (Phi) is 10.4. The molecule has 0 amide bonds. The molecule has 1 rings (SSSR count). The zero-order valence-electron chi connectivity index (χ0n) is 16.7. The zero-order valence-corrected chi connectivity index (χ0v) is 18.5. The van der Waals surface area contributed by atoms with Crippen molar-refractivity contribution in [2.75, 3.05) is 25.1 Å². The molecular weight excluding hydrogens is 394 g/mol. The van der Waals surface area contributed by atoms with Gasteiger partial charge in [0.15, 0.2) is 6.29 Å². The van der Waals surface area contributed by atoms with Gasteiger partial charge in [0.2, 0.25) is 0 Å². The summed E-state index contributed by atoms with van der Waals surface area (Å²) >= 11 is 0. The molecular formula is C17H33O8P2-. The van der Waals surface area contributed by atoms with Gasteiger partial charge in [0.1, 0.15) is 11.8 Å². The molecule has 1 saturated heterocycles. The fourth-order valence-electron chi connectivity index (χ4n) is 3.92. The van der Waals surface area contributed by atoms with Crippen LogP contribution in [0.15, 0.2) is 0 Å². The maximum atomic E-state index is 11.9. The second-order valence-corrected chi connectivity index (χ2v) is 13.1. The molecule has 0 saturated carbocycles. The maximum Gasteiger partial charge on any atom is 0.268 e. The van der Waals surface area contributed by atoms with Gasteiger partial charge in [0, 0.05) is 26.1 Å². The molecule has 1 fully saturated rings. The lowest BCUT2D eigenvalue weighted by Gasteiger charge is -2.36. The number of aliphatic hydroxyl groups excluding tert-OH is 1. The van der Waals surface area contributed by atoms with E-state index in [1.165, 1.54) is 0 Å². The predicted molar refractivity (Wildman–Crippen MR) is 101 cm³/mol. The summed E-state index contributed by atoms with van der Waals surface area (Å²) < 4.78 is 27.3. The van der Waals surface area contributed by atoms with Crippen LogP contribution in [0.1, 0.15) is 53.4 Å². The van der Waals surface area contributed by atoms with E-state index in [1.54, 1.807) is 13.8 Å². The molecule has 1 heterocycles. The molecule has 160 valence electrons. The second-order valence-electron chi connectivity index (χ2n) is 7.34. The Labute approximate surface area is 162 Å². The fourth-order valence-corrected chi connectivity index (χ4v) is 10.4. The van der Waals surface area contributed by atoms with Gasteiger partial charge in [-0.3, -0.25) is 4.57 Å². The fraction of sp³-hybridized carbons (Fsp3) is 0.941. The third-order valence-corrected chi connectivity index (χ3v) is 11.6. The molecule has 10 heteroatoms. The quantitative estimate of drug-likeness (QED) is 0.436. The number of phosphoric ester groups is 1. The van der Waals surface area contributed by atoms with Crippen molar-refractivity contribution in [1.29, 1.82) is 0 Å². The minimum Gasteiger partial charge on any atom is -0.756 e. The Morgan fingerprint density at radius 1 is 1.30 bits per heavy atom. The highest BCUT2D eigenvalue weighted by atomic mass is 31.2. The zero-order chi connectivity index (χ0) is 20.7. The molecule has 0 aromatic heterocycles. The van der Waals surface area contributed by atoms with Gasteiger partial charge in [-0.1, -0.05) is 13.8 Å². The van der Waals surface area contributed by atoms with Crippen LogP contribution in [-0.4, -0.2) is 60.3 Å². The summed E-state index contributed by atoms with van der Waals surface area (Å²) in [5.74, 6) is -1.09. The summed E-state index contributed by atoms with van der Waals surface area (Å²) in [6.45, 7) is 7.03. The number of ether oxygens (including phenoxy) is 1. The van der Waals surface area contributed by atoms with Gasteiger partial charge < -0.3 is 33.7 Å². The number of phosphoric acid groups is 1. The van der Waals surface area contributed by atoms with E-state index in [4.69, 9.17) is 13.8 Å². The number of carboxylic acids is 1. The van der Waals surface area contributed by atoms with Crippen LogP contribution < -0.4 is 10.00 Å². The molecule has 0 aromatic carbocycles. The number of aliphatic hydroxyl groups is 1. The highest BCUT2D eigenvalue weighted by Gasteiger charge is 2.53. The van der Waals surface area contributed by atoms with E-state index < -0.39 is 39.6 Å². The van der Waals surface area contributed by atoms with Crippen molar-refractivity contribution in [2.24, 2.45) is 0 Å². The summed E-state index contributed by atoms with van der Waals surface area (Å²) in [4.78, 5) is 23.0. The van der Waals surface area contributed by atoms with Crippen molar-refractivity contribution in [3.8, 4) is 0 Å². The molecule has 4 unspecified atom stereocenters. The van der Waals surface area contributed by atoms with Crippen LogP contribution in [0.2, 0.25) is 0 Å². The Balaban J connectivity index is 2.99. The van der Waals surface area contributed by atoms with Crippen molar-refractivity contribution in [2.45, 2.75) is 77.5 Å². The van der Waals surface area contributed by atoms with E-state index in [2.05, 4.69) is 0 Å². The topological polar surface area (TPSA) is 128 Å². The van der Waals surface area contributed by atoms with Crippen molar-refractivity contribution in [1.82, 2.24) is 0 Å². The lowest BCUT2D eigenvalue weighted by molar-refractivity contribution is -0.305. The van der Waals surface area contributed by atoms with E-state index >= 15 is 0 Å². The molecule has 8 nitrogen and oxygen atoms in total. The lowest BCUT2D eigenvalue weighted by atomic mass is 10.2. The predicted octanol–water partition coefficient (Wildman–Crippen LogP) is 1.35. The molecule has 0 aliphatic carbocycles. The maximum absolute atomic E-state index is 11.9. The van der Waals surface area contributed by atoms with E-state index in [9.17, 15) is 24.5 Å². The van der Waals surface area contributed by atoms with Crippen molar-refractivity contribution in [3.63, 3.8) is 0 Å². The number of rotatable bonds is 13. The van der Waals surface area contributed by atoms with E-state index in [0.717, 1.165) is 25.2 Å². The molecule has 1 N–H and O–H groups in total. The first-order valence-electron chi connectivity index (χ1n) is 9.58. The van der Waals surface area contributed by atoms with Gasteiger partial charge in [-0.25, -0.2) is 0 Å². The van der Waals surface area contributed by atoms with Crippen molar-refractivity contribution in [3.05, 3.63) is 0 Å². The molecule has 1 aliphatic rings. The summed E-state index contributed by atoms with van der Waals surface area (Å²) in [5, 5.41) is 21.1. The minimum atomic E-state index is -4.46. The summed E-state index contributed by atoms with van der Waals surface area (Å²) in [6, 6.07) is 0. The summed E-state index contributed by atoms with van der Waals surface area (Å²) in [7, 11) is -6.28. The summed E-state index contributed by atoms with van der Waals surface area (Å²) in [6.07, 6.45) is 2.19. The van der Waals surface area contributed by atoms with Crippen molar-refractivity contribution < 1.29 is 38.3 Å². The number of carbonyl (C=O) groups excluding carboxylic acids is 1. The van der Waals surface area contributed by atoms with E-state index in [1.807, 2.05) is 13.8 Å². The number of carbonyl (C=O) groups is 1. The first-order chi connectivity index (χ1) is 12.5. The van der Waals surface area contributed by atoms with Crippen LogP contribution >= 0.6 is 15.1 Å². The average Bonchev–Trinajstić information content (AvgIpc) is 2.91. The Morgan fingerprint density at radius 2 is 1.89 bits per heavy atom. The van der Waals surface area contributed by atoms with Gasteiger partial charge in [-0.2, -0.15) is 0 Å².